The molecule has 1 aromatic carbocycles. The van der Waals surface area contributed by atoms with E-state index in [0.29, 0.717) is 34.5 Å². The number of aromatic hydroxyl groups is 1. The zero-order valence-corrected chi connectivity index (χ0v) is 18.8. The average Bonchev–Trinajstić information content (AvgIpc) is 2.87. The molecule has 1 aliphatic carbocycles. The van der Waals surface area contributed by atoms with Crippen LogP contribution in [-0.2, 0) is 4.79 Å². The number of anilines is 5. The van der Waals surface area contributed by atoms with Crippen molar-refractivity contribution >= 4 is 34.9 Å². The number of hydrogen-bond donors (Lipinski definition) is 2. The lowest BCUT2D eigenvalue weighted by molar-refractivity contribution is -0.119. The van der Waals surface area contributed by atoms with Crippen LogP contribution < -0.4 is 15.1 Å². The first-order valence-corrected chi connectivity index (χ1v) is 11.5. The number of aromatic nitrogens is 3. The summed E-state index contributed by atoms with van der Waals surface area (Å²) in [5.74, 6) is 1.53. The van der Waals surface area contributed by atoms with Gasteiger partial charge in [-0.2, -0.15) is 10.2 Å². The maximum Gasteiger partial charge on any atom is 0.254 e. The van der Waals surface area contributed by atoms with Gasteiger partial charge in [0.15, 0.2) is 5.82 Å². The van der Waals surface area contributed by atoms with Crippen LogP contribution in [0.25, 0.3) is 0 Å². The average molecular weight is 456 g/mol. The van der Waals surface area contributed by atoms with E-state index >= 15 is 0 Å². The molecule has 2 aromatic heterocycles. The third-order valence-electron chi connectivity index (χ3n) is 6.42. The van der Waals surface area contributed by atoms with Crippen molar-refractivity contribution in [2.24, 2.45) is 0 Å². The number of benzene rings is 1. The van der Waals surface area contributed by atoms with Gasteiger partial charge >= 0.3 is 0 Å². The molecule has 9 nitrogen and oxygen atoms in total. The third-order valence-corrected chi connectivity index (χ3v) is 6.42. The Morgan fingerprint density at radius 1 is 1.12 bits per heavy atom. The highest BCUT2D eigenvalue weighted by Crippen LogP contribution is 2.42. The Balaban J connectivity index is 1.60. The Labute approximate surface area is 197 Å². The first-order valence-electron chi connectivity index (χ1n) is 11.5. The topological polar surface area (TPSA) is 118 Å². The summed E-state index contributed by atoms with van der Waals surface area (Å²) < 4.78 is 0. The third kappa shape index (κ3) is 3.99. The highest BCUT2D eigenvalue weighted by Gasteiger charge is 2.41. The Morgan fingerprint density at radius 3 is 2.68 bits per heavy atom. The molecule has 9 heteroatoms. The van der Waals surface area contributed by atoms with Crippen molar-refractivity contribution in [3.8, 4) is 11.8 Å². The molecule has 1 saturated carbocycles. The minimum Gasteiger partial charge on any atom is -0.506 e. The summed E-state index contributed by atoms with van der Waals surface area (Å²) in [6.07, 6.45) is 8.46. The van der Waals surface area contributed by atoms with E-state index in [4.69, 9.17) is 4.98 Å². The molecular weight excluding hydrogens is 430 g/mol. The standard InChI is InChI=1S/C25H25N7O2/c1-16-24(34)32(19-9-5-6-17(12-19)13-26)21-15-28-25(29-22-11-10-20(33)14-27-22)30-23(21)31(16)18-7-3-2-4-8-18/h5-6,9-12,14-16,18,33H,2-4,7-8H2,1H3,(H,27,28,29,30)/t16-/m1/s1. The van der Waals surface area contributed by atoms with E-state index in [1.165, 1.54) is 18.7 Å². The largest absolute Gasteiger partial charge is 0.506 e. The Bertz CT molecular complexity index is 1250. The van der Waals surface area contributed by atoms with Crippen LogP contribution in [0.15, 0.2) is 48.8 Å². The molecule has 172 valence electrons. The van der Waals surface area contributed by atoms with Gasteiger partial charge in [0.2, 0.25) is 5.95 Å². The number of carbonyl (C=O) groups is 1. The molecule has 2 aliphatic rings. The van der Waals surface area contributed by atoms with Crippen molar-refractivity contribution in [2.45, 2.75) is 51.1 Å². The van der Waals surface area contributed by atoms with Gasteiger partial charge in [-0.1, -0.05) is 25.3 Å². The van der Waals surface area contributed by atoms with Crippen LogP contribution in [0.2, 0.25) is 0 Å². The van der Waals surface area contributed by atoms with Crippen molar-refractivity contribution in [1.82, 2.24) is 15.0 Å². The molecule has 0 unspecified atom stereocenters. The van der Waals surface area contributed by atoms with E-state index in [0.717, 1.165) is 25.7 Å². The summed E-state index contributed by atoms with van der Waals surface area (Å²) in [6, 6.07) is 12.1. The fourth-order valence-corrected chi connectivity index (χ4v) is 4.79. The lowest BCUT2D eigenvalue weighted by Crippen LogP contribution is -2.55. The summed E-state index contributed by atoms with van der Waals surface area (Å²) in [4.78, 5) is 30.8. The van der Waals surface area contributed by atoms with Gasteiger partial charge in [-0.3, -0.25) is 9.69 Å². The van der Waals surface area contributed by atoms with Gasteiger partial charge in [0.25, 0.3) is 5.91 Å². The normalized spacial score (nSPS) is 18.4. The van der Waals surface area contributed by atoms with Gasteiger partial charge in [0.1, 0.15) is 23.3 Å². The van der Waals surface area contributed by atoms with Crippen molar-refractivity contribution < 1.29 is 9.90 Å². The molecule has 1 amide bonds. The van der Waals surface area contributed by atoms with Crippen molar-refractivity contribution in [1.29, 1.82) is 5.26 Å². The number of nitrogens with one attached hydrogen (secondary N) is 1. The maximum absolute atomic E-state index is 13.6. The second kappa shape index (κ2) is 8.98. The SMILES string of the molecule is C[C@@H]1C(=O)N(c2cccc(C#N)c2)c2cnc(Nc3ccc(O)cn3)nc2N1C1CCCCC1. The monoisotopic (exact) mass is 455 g/mol. The summed E-state index contributed by atoms with van der Waals surface area (Å²) in [6.45, 7) is 1.91. The van der Waals surface area contributed by atoms with Crippen molar-refractivity contribution in [2.75, 3.05) is 15.1 Å². The van der Waals surface area contributed by atoms with Crippen molar-refractivity contribution in [3.63, 3.8) is 0 Å². The fourth-order valence-electron chi connectivity index (χ4n) is 4.79. The summed E-state index contributed by atoms with van der Waals surface area (Å²) in [5.41, 5.74) is 1.68. The van der Waals surface area contributed by atoms with E-state index < -0.39 is 6.04 Å². The van der Waals surface area contributed by atoms with Crippen LogP contribution in [0.4, 0.5) is 29.0 Å². The molecule has 1 aliphatic heterocycles. The highest BCUT2D eigenvalue weighted by molar-refractivity contribution is 6.10. The van der Waals surface area contributed by atoms with E-state index in [-0.39, 0.29) is 17.7 Å². The number of rotatable bonds is 4. The van der Waals surface area contributed by atoms with Gasteiger partial charge in [0, 0.05) is 6.04 Å². The van der Waals surface area contributed by atoms with Gasteiger partial charge in [0.05, 0.1) is 29.7 Å². The summed E-state index contributed by atoms with van der Waals surface area (Å²) >= 11 is 0. The van der Waals surface area contributed by atoms with E-state index in [2.05, 4.69) is 26.3 Å². The number of fused-ring (bicyclic) bond motifs is 1. The second-order valence-corrected chi connectivity index (χ2v) is 8.64. The van der Waals surface area contributed by atoms with Crippen LogP contribution in [0, 0.1) is 11.3 Å². The van der Waals surface area contributed by atoms with E-state index in [1.54, 1.807) is 35.4 Å². The molecule has 0 bridgehead atoms. The van der Waals surface area contributed by atoms with Crippen molar-refractivity contribution in [3.05, 3.63) is 54.4 Å². The van der Waals surface area contributed by atoms with Crippen LogP contribution in [0.5, 0.6) is 5.75 Å². The van der Waals surface area contributed by atoms with E-state index in [1.807, 2.05) is 13.0 Å². The number of nitrogens with zero attached hydrogens (tertiary/aromatic N) is 6. The highest BCUT2D eigenvalue weighted by atomic mass is 16.3. The molecule has 3 heterocycles. The first-order chi connectivity index (χ1) is 16.5. The smallest absolute Gasteiger partial charge is 0.254 e. The Morgan fingerprint density at radius 2 is 1.94 bits per heavy atom. The summed E-state index contributed by atoms with van der Waals surface area (Å²) in [7, 11) is 0. The Kier molecular flexibility index (Phi) is 5.72. The zero-order valence-electron chi connectivity index (χ0n) is 18.8. The first kappa shape index (κ1) is 21.6. The number of pyridine rings is 1. The molecule has 1 atom stereocenters. The molecule has 0 saturated heterocycles. The second-order valence-electron chi connectivity index (χ2n) is 8.64. The number of amides is 1. The lowest BCUT2D eigenvalue weighted by Gasteiger charge is -2.45. The van der Waals surface area contributed by atoms with E-state index in [9.17, 15) is 15.2 Å². The van der Waals surface area contributed by atoms with Crippen LogP contribution >= 0.6 is 0 Å². The zero-order chi connectivity index (χ0) is 23.7. The van der Waals surface area contributed by atoms with Gasteiger partial charge in [-0.05, 0) is 50.1 Å². The molecular formula is C25H25N7O2. The van der Waals surface area contributed by atoms with Crippen LogP contribution in [0.3, 0.4) is 0 Å². The van der Waals surface area contributed by atoms with Gasteiger partial charge in [-0.15, -0.1) is 0 Å². The predicted octanol–water partition coefficient (Wildman–Crippen LogP) is 4.40. The lowest BCUT2D eigenvalue weighted by atomic mass is 9.92. The molecule has 3 aromatic rings. The molecule has 34 heavy (non-hydrogen) atoms. The minimum atomic E-state index is -0.420. The quantitative estimate of drug-likeness (QED) is 0.594. The number of nitriles is 1. The van der Waals surface area contributed by atoms with Crippen LogP contribution in [-0.4, -0.2) is 38.0 Å². The molecule has 0 radical (unpaired) electrons. The van der Waals surface area contributed by atoms with Gasteiger partial charge in [-0.25, -0.2) is 9.97 Å². The number of carbonyl (C=O) groups excluding carboxylic acids is 1. The molecule has 1 fully saturated rings. The molecule has 5 rings (SSSR count). The van der Waals surface area contributed by atoms with Crippen LogP contribution in [0.1, 0.15) is 44.6 Å². The predicted molar refractivity (Wildman–Crippen MR) is 128 cm³/mol. The maximum atomic E-state index is 13.6. The molecule has 0 spiro atoms. The summed E-state index contributed by atoms with van der Waals surface area (Å²) in [5, 5.41) is 22.0. The minimum absolute atomic E-state index is 0.0716. The number of hydrogen-bond acceptors (Lipinski definition) is 8. The molecule has 2 N–H and O–H groups in total. The van der Waals surface area contributed by atoms with Gasteiger partial charge < -0.3 is 15.3 Å². The Hall–Kier alpha value is -4.19. The fraction of sp³-hybridized carbons (Fsp3) is 0.320.